The van der Waals surface area contributed by atoms with Gasteiger partial charge >= 0.3 is 0 Å². The Labute approximate surface area is 113 Å². The minimum absolute atomic E-state index is 0.0110. The van der Waals surface area contributed by atoms with Crippen molar-refractivity contribution in [2.45, 2.75) is 0 Å². The number of benzene rings is 2. The summed E-state index contributed by atoms with van der Waals surface area (Å²) in [7, 11) is 0.0220. The maximum absolute atomic E-state index is 2.34. The molecule has 0 aliphatic carbocycles. The third-order valence-corrected chi connectivity index (χ3v) is 6.49. The fourth-order valence-corrected chi connectivity index (χ4v) is 5.13. The molecule has 88 valence electrons. The molecule has 18 heavy (non-hydrogen) atoms. The highest BCUT2D eigenvalue weighted by Crippen LogP contribution is 2.03. The van der Waals surface area contributed by atoms with Crippen molar-refractivity contribution in [1.82, 2.24) is 0 Å². The van der Waals surface area contributed by atoms with Crippen molar-refractivity contribution < 1.29 is 0 Å². The van der Waals surface area contributed by atoms with Crippen molar-refractivity contribution >= 4 is 41.6 Å². The van der Waals surface area contributed by atoms with Gasteiger partial charge in [-0.3, -0.25) is 0 Å². The second kappa shape index (κ2) is 5.33. The molecule has 2 heterocycles. The zero-order valence-corrected chi connectivity index (χ0v) is 13.2. The molecule has 0 radical (unpaired) electrons. The number of rotatable bonds is 0. The van der Waals surface area contributed by atoms with Crippen LogP contribution < -0.4 is 10.4 Å². The van der Waals surface area contributed by atoms with Crippen LogP contribution in [0.2, 0.25) is 0 Å². The Morgan fingerprint density at radius 2 is 1.00 bits per heavy atom. The van der Waals surface area contributed by atoms with E-state index in [1.165, 1.54) is 11.1 Å². The van der Waals surface area contributed by atoms with E-state index in [0.717, 1.165) is 0 Å². The lowest BCUT2D eigenvalue weighted by Gasteiger charge is -1.92. The maximum atomic E-state index is 2.34. The number of hydrogen-bond acceptors (Lipinski definition) is 0. The molecule has 0 unspecified atom stereocenters. The lowest BCUT2D eigenvalue weighted by atomic mass is 10.2. The number of fused-ring (bicyclic) bond motifs is 2. The molecule has 0 amide bonds. The minimum atomic E-state index is 0.0110. The van der Waals surface area contributed by atoms with Gasteiger partial charge in [0.05, 0.1) is 19.0 Å². The largest absolute Gasteiger partial charge is 0.0955 e. The summed E-state index contributed by atoms with van der Waals surface area (Å²) in [6.07, 6.45) is 4.48. The van der Waals surface area contributed by atoms with Crippen molar-refractivity contribution in [3.63, 3.8) is 0 Å². The zero-order chi connectivity index (χ0) is 12.2. The van der Waals surface area contributed by atoms with E-state index in [1.54, 1.807) is 10.4 Å². The van der Waals surface area contributed by atoms with Gasteiger partial charge in [0.2, 0.25) is 0 Å². The van der Waals surface area contributed by atoms with Crippen LogP contribution in [0.1, 0.15) is 11.1 Å². The van der Waals surface area contributed by atoms with Gasteiger partial charge in [-0.25, -0.2) is 0 Å². The van der Waals surface area contributed by atoms with Crippen molar-refractivity contribution in [3.05, 3.63) is 71.1 Å². The van der Waals surface area contributed by atoms with Gasteiger partial charge in [-0.1, -0.05) is 82.5 Å². The Kier molecular flexibility index (Phi) is 3.39. The third kappa shape index (κ3) is 2.45. The molecule has 0 aromatic heterocycles. The van der Waals surface area contributed by atoms with Crippen LogP contribution in [-0.4, -0.2) is 19.0 Å². The smallest absolute Gasteiger partial charge is 0.0791 e. The van der Waals surface area contributed by atoms with E-state index in [1.807, 2.05) is 0 Å². The summed E-state index contributed by atoms with van der Waals surface area (Å²) in [5.74, 6) is 0. The van der Waals surface area contributed by atoms with Crippen LogP contribution >= 0.6 is 0 Å². The molecule has 0 saturated carbocycles. The monoisotopic (exact) mass is 264 g/mol. The second-order valence-corrected chi connectivity index (χ2v) is 7.89. The minimum Gasteiger partial charge on any atom is -0.0955 e. The van der Waals surface area contributed by atoms with Crippen LogP contribution in [0.4, 0.5) is 0 Å². The summed E-state index contributed by atoms with van der Waals surface area (Å²) >= 11 is 0. The van der Waals surface area contributed by atoms with Gasteiger partial charge < -0.3 is 0 Å². The molecule has 2 heteroatoms. The SMILES string of the molecule is C1=Cc2ccccc2[SiH2]1.C1=Cc2ccccc2[SiH2]1. The van der Waals surface area contributed by atoms with Gasteiger partial charge in [-0.05, 0) is 11.1 Å². The summed E-state index contributed by atoms with van der Waals surface area (Å²) in [5.41, 5.74) is 7.57. The van der Waals surface area contributed by atoms with Gasteiger partial charge in [0, 0.05) is 0 Å². The summed E-state index contributed by atoms with van der Waals surface area (Å²) in [5, 5.41) is 3.19. The van der Waals surface area contributed by atoms with Crippen molar-refractivity contribution in [2.24, 2.45) is 0 Å². The summed E-state index contributed by atoms with van der Waals surface area (Å²) < 4.78 is 0. The number of hydrogen-bond donors (Lipinski definition) is 0. The molecule has 2 aliphatic rings. The van der Waals surface area contributed by atoms with E-state index in [-0.39, 0.29) is 19.0 Å². The molecule has 0 fully saturated rings. The van der Waals surface area contributed by atoms with Crippen LogP contribution in [0.3, 0.4) is 0 Å². The molecule has 2 aliphatic heterocycles. The molecule has 2 aromatic carbocycles. The summed E-state index contributed by atoms with van der Waals surface area (Å²) in [4.78, 5) is 0. The lowest BCUT2D eigenvalue weighted by Crippen LogP contribution is -2.09. The maximum Gasteiger partial charge on any atom is 0.0791 e. The molecule has 0 saturated heterocycles. The first-order valence-electron chi connectivity index (χ1n) is 6.42. The molecule has 0 spiro atoms. The molecule has 2 aromatic rings. The van der Waals surface area contributed by atoms with E-state index in [4.69, 9.17) is 0 Å². The Morgan fingerprint density at radius 3 is 1.44 bits per heavy atom. The van der Waals surface area contributed by atoms with Crippen LogP contribution in [0.5, 0.6) is 0 Å². The van der Waals surface area contributed by atoms with E-state index in [0.29, 0.717) is 0 Å². The Hall–Kier alpha value is -1.65. The quantitative estimate of drug-likeness (QED) is 0.621. The van der Waals surface area contributed by atoms with Gasteiger partial charge in [-0.15, -0.1) is 0 Å². The van der Waals surface area contributed by atoms with E-state index in [9.17, 15) is 0 Å². The van der Waals surface area contributed by atoms with Gasteiger partial charge in [0.15, 0.2) is 0 Å². The van der Waals surface area contributed by atoms with E-state index in [2.05, 4.69) is 72.1 Å². The highest BCUT2D eigenvalue weighted by atomic mass is 28.2. The summed E-state index contributed by atoms with van der Waals surface area (Å²) in [6.45, 7) is 0. The average molecular weight is 264 g/mol. The predicted molar refractivity (Wildman–Crippen MR) is 87.3 cm³/mol. The highest BCUT2D eigenvalue weighted by molar-refractivity contribution is 6.63. The predicted octanol–water partition coefficient (Wildman–Crippen LogP) is 0.930. The standard InChI is InChI=1S/2C8H8Si/c2*1-2-4-8-7(3-1)5-6-9-8/h2*1-6H,9H2. The van der Waals surface area contributed by atoms with E-state index < -0.39 is 0 Å². The fraction of sp³-hybridized carbons (Fsp3) is 0. The van der Waals surface area contributed by atoms with Crippen LogP contribution in [-0.2, 0) is 0 Å². The van der Waals surface area contributed by atoms with Crippen LogP contribution in [0.15, 0.2) is 59.9 Å². The molecule has 0 bridgehead atoms. The lowest BCUT2D eigenvalue weighted by molar-refractivity contribution is 1.73. The zero-order valence-electron chi connectivity index (χ0n) is 10.3. The first-order valence-corrected chi connectivity index (χ1v) is 9.47. The topological polar surface area (TPSA) is 0 Å². The van der Waals surface area contributed by atoms with Crippen molar-refractivity contribution in [2.75, 3.05) is 0 Å². The first-order chi connectivity index (χ1) is 8.93. The van der Waals surface area contributed by atoms with Crippen molar-refractivity contribution in [3.8, 4) is 0 Å². The average Bonchev–Trinajstić information content (AvgIpc) is 3.08. The molecular formula is C16H16Si2. The van der Waals surface area contributed by atoms with Gasteiger partial charge in [0.25, 0.3) is 0 Å². The summed E-state index contributed by atoms with van der Waals surface area (Å²) in [6, 6.07) is 17.3. The fourth-order valence-electron chi connectivity index (χ4n) is 2.39. The Bertz CT molecular complexity index is 556. The third-order valence-electron chi connectivity index (χ3n) is 3.38. The highest BCUT2D eigenvalue weighted by Gasteiger charge is 2.01. The molecule has 0 N–H and O–H groups in total. The Balaban J connectivity index is 0.000000111. The normalized spacial score (nSPS) is 16.4. The van der Waals surface area contributed by atoms with E-state index >= 15 is 0 Å². The Morgan fingerprint density at radius 1 is 0.556 bits per heavy atom. The van der Waals surface area contributed by atoms with Crippen molar-refractivity contribution in [1.29, 1.82) is 0 Å². The molecule has 4 rings (SSSR count). The first kappa shape index (κ1) is 11.4. The van der Waals surface area contributed by atoms with Crippen LogP contribution in [0.25, 0.3) is 12.2 Å². The molecular weight excluding hydrogens is 248 g/mol. The second-order valence-electron chi connectivity index (χ2n) is 4.61. The molecule has 0 atom stereocenters. The van der Waals surface area contributed by atoms with Gasteiger partial charge in [-0.2, -0.15) is 0 Å². The van der Waals surface area contributed by atoms with Gasteiger partial charge in [0.1, 0.15) is 0 Å². The molecule has 0 nitrogen and oxygen atoms in total. The van der Waals surface area contributed by atoms with Crippen LogP contribution in [0, 0.1) is 0 Å².